The van der Waals surface area contributed by atoms with Gasteiger partial charge in [0, 0.05) is 12.7 Å². The van der Waals surface area contributed by atoms with Crippen molar-refractivity contribution in [1.29, 1.82) is 0 Å². The van der Waals surface area contributed by atoms with Gasteiger partial charge in [-0.15, -0.1) is 11.3 Å². The van der Waals surface area contributed by atoms with Crippen molar-refractivity contribution in [3.8, 4) is 0 Å². The van der Waals surface area contributed by atoms with Gasteiger partial charge in [-0.1, -0.05) is 6.07 Å². The summed E-state index contributed by atoms with van der Waals surface area (Å²) in [7, 11) is -1.54. The molecule has 0 aliphatic rings. The maximum absolute atomic E-state index is 12.1. The van der Waals surface area contributed by atoms with E-state index in [0.29, 0.717) is 9.10 Å². The average Bonchev–Trinajstić information content (AvgIpc) is 2.83. The Morgan fingerprint density at radius 2 is 1.81 bits per heavy atom. The van der Waals surface area contributed by atoms with Crippen LogP contribution in [0.25, 0.3) is 0 Å². The van der Waals surface area contributed by atoms with E-state index in [1.54, 1.807) is 48.8 Å². The third-order valence-electron chi connectivity index (χ3n) is 2.21. The molecule has 1 heterocycles. The molecule has 1 aromatic carbocycles. The van der Waals surface area contributed by atoms with Gasteiger partial charge in [0.05, 0.1) is 4.90 Å². The molecule has 16 heavy (non-hydrogen) atoms. The summed E-state index contributed by atoms with van der Waals surface area (Å²) in [6.07, 6.45) is 0. The quantitative estimate of drug-likeness (QED) is 0.914. The molecule has 0 saturated carbocycles. The van der Waals surface area contributed by atoms with Gasteiger partial charge in [-0.05, 0) is 35.7 Å². The number of nitrogens with one attached hydrogen (secondary N) is 1. The standard InChI is InChI=1S/C11H11NO2S2/c1-12-9-4-6-10(7-5-9)16(13,14)11-3-2-8-15-11/h2-8,12H,1H3. The molecule has 0 fully saturated rings. The van der Waals surface area contributed by atoms with Crippen LogP contribution in [0.4, 0.5) is 5.69 Å². The maximum Gasteiger partial charge on any atom is 0.215 e. The van der Waals surface area contributed by atoms with E-state index < -0.39 is 9.84 Å². The maximum atomic E-state index is 12.1. The van der Waals surface area contributed by atoms with Crippen LogP contribution in [0.15, 0.2) is 50.9 Å². The van der Waals surface area contributed by atoms with Crippen molar-refractivity contribution >= 4 is 26.9 Å². The first-order valence-corrected chi connectivity index (χ1v) is 7.07. The molecule has 84 valence electrons. The topological polar surface area (TPSA) is 46.2 Å². The van der Waals surface area contributed by atoms with Crippen LogP contribution in [0.2, 0.25) is 0 Å². The second-order valence-electron chi connectivity index (χ2n) is 3.21. The highest BCUT2D eigenvalue weighted by atomic mass is 32.2. The zero-order valence-electron chi connectivity index (χ0n) is 8.67. The van der Waals surface area contributed by atoms with Gasteiger partial charge >= 0.3 is 0 Å². The molecule has 0 unspecified atom stereocenters. The first-order chi connectivity index (χ1) is 7.64. The predicted molar refractivity (Wildman–Crippen MR) is 65.8 cm³/mol. The van der Waals surface area contributed by atoms with E-state index in [1.807, 2.05) is 0 Å². The monoisotopic (exact) mass is 253 g/mol. The van der Waals surface area contributed by atoms with Gasteiger partial charge in [0.2, 0.25) is 9.84 Å². The number of anilines is 1. The average molecular weight is 253 g/mol. The number of thiophene rings is 1. The van der Waals surface area contributed by atoms with Crippen LogP contribution in [-0.2, 0) is 9.84 Å². The lowest BCUT2D eigenvalue weighted by molar-refractivity contribution is 0.598. The molecular weight excluding hydrogens is 242 g/mol. The normalized spacial score (nSPS) is 11.3. The number of benzene rings is 1. The number of sulfone groups is 1. The molecule has 0 saturated heterocycles. The second kappa shape index (κ2) is 4.27. The van der Waals surface area contributed by atoms with Crippen LogP contribution < -0.4 is 5.32 Å². The zero-order valence-corrected chi connectivity index (χ0v) is 10.3. The van der Waals surface area contributed by atoms with E-state index >= 15 is 0 Å². The second-order valence-corrected chi connectivity index (χ2v) is 6.33. The molecule has 0 aliphatic carbocycles. The third-order valence-corrected chi connectivity index (χ3v) is 5.38. The fourth-order valence-corrected chi connectivity index (χ4v) is 3.73. The zero-order chi connectivity index (χ0) is 11.6. The summed E-state index contributed by atoms with van der Waals surface area (Å²) in [5, 5.41) is 4.71. The van der Waals surface area contributed by atoms with E-state index in [-0.39, 0.29) is 0 Å². The SMILES string of the molecule is CNc1ccc(S(=O)(=O)c2cccs2)cc1. The summed E-state index contributed by atoms with van der Waals surface area (Å²) in [5.74, 6) is 0. The minimum Gasteiger partial charge on any atom is -0.388 e. The van der Waals surface area contributed by atoms with Gasteiger partial charge in [0.1, 0.15) is 4.21 Å². The molecule has 5 heteroatoms. The highest BCUT2D eigenvalue weighted by Gasteiger charge is 2.17. The van der Waals surface area contributed by atoms with E-state index in [1.165, 1.54) is 11.3 Å². The minimum absolute atomic E-state index is 0.328. The Hall–Kier alpha value is -1.33. The van der Waals surface area contributed by atoms with Crippen molar-refractivity contribution in [1.82, 2.24) is 0 Å². The molecule has 1 aromatic heterocycles. The molecule has 0 spiro atoms. The van der Waals surface area contributed by atoms with Crippen molar-refractivity contribution in [2.75, 3.05) is 12.4 Å². The Morgan fingerprint density at radius 1 is 1.12 bits per heavy atom. The highest BCUT2D eigenvalue weighted by Crippen LogP contribution is 2.25. The Kier molecular flexibility index (Phi) is 2.98. The van der Waals surface area contributed by atoms with Gasteiger partial charge in [0.15, 0.2) is 0 Å². The lowest BCUT2D eigenvalue weighted by atomic mass is 10.3. The third kappa shape index (κ3) is 1.96. The van der Waals surface area contributed by atoms with Crippen molar-refractivity contribution < 1.29 is 8.42 Å². The van der Waals surface area contributed by atoms with Gasteiger partial charge < -0.3 is 5.32 Å². The summed E-state index contributed by atoms with van der Waals surface area (Å²) >= 11 is 1.23. The lowest BCUT2D eigenvalue weighted by Gasteiger charge is -2.03. The predicted octanol–water partition coefficient (Wildman–Crippen LogP) is 2.62. The molecule has 0 atom stereocenters. The first kappa shape index (κ1) is 11.2. The van der Waals surface area contributed by atoms with E-state index in [4.69, 9.17) is 0 Å². The molecule has 0 aliphatic heterocycles. The summed E-state index contributed by atoms with van der Waals surface area (Å²) in [4.78, 5) is 0.328. The Balaban J connectivity index is 2.44. The molecule has 2 aromatic rings. The van der Waals surface area contributed by atoms with E-state index in [9.17, 15) is 8.42 Å². The van der Waals surface area contributed by atoms with Crippen LogP contribution in [0.3, 0.4) is 0 Å². The van der Waals surface area contributed by atoms with Crippen molar-refractivity contribution in [3.05, 3.63) is 41.8 Å². The molecule has 0 radical (unpaired) electrons. The smallest absolute Gasteiger partial charge is 0.215 e. The molecule has 0 amide bonds. The van der Waals surface area contributed by atoms with Gasteiger partial charge in [-0.3, -0.25) is 0 Å². The van der Waals surface area contributed by atoms with Crippen molar-refractivity contribution in [2.45, 2.75) is 9.10 Å². The summed E-state index contributed by atoms with van der Waals surface area (Å²) in [6, 6.07) is 10.1. The summed E-state index contributed by atoms with van der Waals surface area (Å²) in [6.45, 7) is 0. The minimum atomic E-state index is -3.33. The summed E-state index contributed by atoms with van der Waals surface area (Å²) < 4.78 is 24.5. The van der Waals surface area contributed by atoms with Crippen molar-refractivity contribution in [3.63, 3.8) is 0 Å². The van der Waals surface area contributed by atoms with Gasteiger partial charge in [-0.25, -0.2) is 8.42 Å². The van der Waals surface area contributed by atoms with Crippen LogP contribution in [-0.4, -0.2) is 15.5 Å². The Morgan fingerprint density at radius 3 is 2.31 bits per heavy atom. The number of hydrogen-bond donors (Lipinski definition) is 1. The highest BCUT2D eigenvalue weighted by molar-refractivity contribution is 7.93. The van der Waals surface area contributed by atoms with E-state index in [0.717, 1.165) is 5.69 Å². The molecule has 3 nitrogen and oxygen atoms in total. The number of rotatable bonds is 3. The van der Waals surface area contributed by atoms with Crippen molar-refractivity contribution in [2.24, 2.45) is 0 Å². The molecular formula is C11H11NO2S2. The fraction of sp³-hybridized carbons (Fsp3) is 0.0909. The van der Waals surface area contributed by atoms with Gasteiger partial charge in [-0.2, -0.15) is 0 Å². The van der Waals surface area contributed by atoms with Crippen LogP contribution >= 0.6 is 11.3 Å². The first-order valence-electron chi connectivity index (χ1n) is 4.71. The number of hydrogen-bond acceptors (Lipinski definition) is 4. The largest absolute Gasteiger partial charge is 0.388 e. The molecule has 2 rings (SSSR count). The fourth-order valence-electron chi connectivity index (χ4n) is 1.33. The Labute approximate surface area is 98.7 Å². The summed E-state index contributed by atoms with van der Waals surface area (Å²) in [5.41, 5.74) is 0.894. The van der Waals surface area contributed by atoms with Crippen LogP contribution in [0.5, 0.6) is 0 Å². The van der Waals surface area contributed by atoms with Crippen LogP contribution in [0.1, 0.15) is 0 Å². The molecule has 0 bridgehead atoms. The lowest BCUT2D eigenvalue weighted by Crippen LogP contribution is -1.99. The Bertz CT molecular complexity index is 557. The van der Waals surface area contributed by atoms with E-state index in [2.05, 4.69) is 5.32 Å². The molecule has 1 N–H and O–H groups in total. The van der Waals surface area contributed by atoms with Gasteiger partial charge in [0.25, 0.3) is 0 Å². The van der Waals surface area contributed by atoms with Crippen LogP contribution in [0, 0.1) is 0 Å².